The van der Waals surface area contributed by atoms with E-state index in [1.54, 1.807) is 0 Å². The molecule has 0 spiro atoms. The normalized spacial score (nSPS) is 31.7. The van der Waals surface area contributed by atoms with Crippen LogP contribution in [0.3, 0.4) is 0 Å². The molecule has 0 aromatic carbocycles. The SMILES string of the molecule is CCC(C)C1CNC(C)(C)CN1CC1CCCC1. The number of piperazine rings is 1. The van der Waals surface area contributed by atoms with Gasteiger partial charge in [0.25, 0.3) is 0 Å². The maximum Gasteiger partial charge on any atom is 0.0252 e. The van der Waals surface area contributed by atoms with Gasteiger partial charge in [0.15, 0.2) is 0 Å². The van der Waals surface area contributed by atoms with E-state index in [0.29, 0.717) is 5.54 Å². The summed E-state index contributed by atoms with van der Waals surface area (Å²) >= 11 is 0. The lowest BCUT2D eigenvalue weighted by molar-refractivity contribution is 0.0508. The summed E-state index contributed by atoms with van der Waals surface area (Å²) in [5, 5.41) is 3.74. The molecule has 1 aliphatic carbocycles. The molecule has 2 fully saturated rings. The summed E-state index contributed by atoms with van der Waals surface area (Å²) in [4.78, 5) is 2.81. The molecule has 2 unspecified atom stereocenters. The molecule has 2 heteroatoms. The summed E-state index contributed by atoms with van der Waals surface area (Å²) in [5.41, 5.74) is 0.294. The number of rotatable bonds is 4. The van der Waals surface area contributed by atoms with Crippen molar-refractivity contribution < 1.29 is 0 Å². The molecular formula is C16H32N2. The molecule has 0 aromatic rings. The highest BCUT2D eigenvalue weighted by molar-refractivity contribution is 4.94. The molecule has 2 atom stereocenters. The lowest BCUT2D eigenvalue weighted by atomic mass is 9.89. The zero-order valence-electron chi connectivity index (χ0n) is 12.8. The number of hydrogen-bond donors (Lipinski definition) is 1. The molecule has 106 valence electrons. The fourth-order valence-electron chi connectivity index (χ4n) is 3.75. The van der Waals surface area contributed by atoms with E-state index in [4.69, 9.17) is 0 Å². The molecule has 18 heavy (non-hydrogen) atoms. The lowest BCUT2D eigenvalue weighted by Crippen LogP contribution is -2.63. The first-order valence-electron chi connectivity index (χ1n) is 8.01. The number of hydrogen-bond acceptors (Lipinski definition) is 2. The van der Waals surface area contributed by atoms with Gasteiger partial charge in [-0.1, -0.05) is 33.1 Å². The van der Waals surface area contributed by atoms with Crippen molar-refractivity contribution in [2.24, 2.45) is 11.8 Å². The van der Waals surface area contributed by atoms with Gasteiger partial charge in [0.1, 0.15) is 0 Å². The van der Waals surface area contributed by atoms with Crippen LogP contribution in [0.25, 0.3) is 0 Å². The third-order valence-corrected chi connectivity index (χ3v) is 5.13. The summed E-state index contributed by atoms with van der Waals surface area (Å²) in [5.74, 6) is 1.79. The van der Waals surface area contributed by atoms with Crippen LogP contribution in [0.2, 0.25) is 0 Å². The Morgan fingerprint density at radius 2 is 1.94 bits per heavy atom. The average molecular weight is 252 g/mol. The van der Waals surface area contributed by atoms with Crippen molar-refractivity contribution >= 4 is 0 Å². The first-order valence-corrected chi connectivity index (χ1v) is 8.01. The van der Waals surface area contributed by atoms with E-state index < -0.39 is 0 Å². The number of nitrogens with one attached hydrogen (secondary N) is 1. The second-order valence-electron chi connectivity index (χ2n) is 7.30. The van der Waals surface area contributed by atoms with Crippen LogP contribution in [-0.4, -0.2) is 36.1 Å². The van der Waals surface area contributed by atoms with Gasteiger partial charge in [-0.25, -0.2) is 0 Å². The van der Waals surface area contributed by atoms with Crippen molar-refractivity contribution in [3.05, 3.63) is 0 Å². The van der Waals surface area contributed by atoms with Gasteiger partial charge in [-0.2, -0.15) is 0 Å². The summed E-state index contributed by atoms with van der Waals surface area (Å²) in [6.07, 6.45) is 7.17. The van der Waals surface area contributed by atoms with Crippen molar-refractivity contribution in [3.63, 3.8) is 0 Å². The smallest absolute Gasteiger partial charge is 0.0252 e. The predicted octanol–water partition coefficient (Wildman–Crippen LogP) is 3.28. The van der Waals surface area contributed by atoms with Gasteiger partial charge in [0, 0.05) is 31.2 Å². The lowest BCUT2D eigenvalue weighted by Gasteiger charge is -2.47. The predicted molar refractivity (Wildman–Crippen MR) is 78.9 cm³/mol. The Morgan fingerprint density at radius 3 is 2.56 bits per heavy atom. The molecule has 1 aliphatic heterocycles. The zero-order valence-corrected chi connectivity index (χ0v) is 12.8. The Bertz CT molecular complexity index is 256. The molecule has 2 nitrogen and oxygen atoms in total. The second-order valence-corrected chi connectivity index (χ2v) is 7.30. The summed E-state index contributed by atoms with van der Waals surface area (Å²) in [6, 6.07) is 0.753. The van der Waals surface area contributed by atoms with Crippen molar-refractivity contribution in [1.29, 1.82) is 0 Å². The largest absolute Gasteiger partial charge is 0.309 e. The molecular weight excluding hydrogens is 220 g/mol. The van der Waals surface area contributed by atoms with Crippen molar-refractivity contribution in [2.45, 2.75) is 71.4 Å². The van der Waals surface area contributed by atoms with E-state index in [0.717, 1.165) is 17.9 Å². The quantitative estimate of drug-likeness (QED) is 0.826. The molecule has 0 bridgehead atoms. The Hall–Kier alpha value is -0.0800. The van der Waals surface area contributed by atoms with Gasteiger partial charge in [0.05, 0.1) is 0 Å². The molecule has 0 amide bonds. The van der Waals surface area contributed by atoms with E-state index in [1.165, 1.54) is 51.7 Å². The minimum Gasteiger partial charge on any atom is -0.309 e. The van der Waals surface area contributed by atoms with E-state index in [9.17, 15) is 0 Å². The van der Waals surface area contributed by atoms with Crippen LogP contribution in [-0.2, 0) is 0 Å². The molecule has 1 saturated carbocycles. The summed E-state index contributed by atoms with van der Waals surface area (Å²) < 4.78 is 0. The zero-order chi connectivity index (χ0) is 13.2. The summed E-state index contributed by atoms with van der Waals surface area (Å²) in [7, 11) is 0. The third kappa shape index (κ3) is 3.48. The highest BCUT2D eigenvalue weighted by Gasteiger charge is 2.35. The Balaban J connectivity index is 1.99. The maximum absolute atomic E-state index is 3.74. The topological polar surface area (TPSA) is 15.3 Å². The first kappa shape index (κ1) is 14.3. The van der Waals surface area contributed by atoms with Crippen LogP contribution in [0.5, 0.6) is 0 Å². The van der Waals surface area contributed by atoms with E-state index >= 15 is 0 Å². The first-order chi connectivity index (χ1) is 8.52. The van der Waals surface area contributed by atoms with Crippen LogP contribution >= 0.6 is 0 Å². The van der Waals surface area contributed by atoms with Gasteiger partial charge >= 0.3 is 0 Å². The van der Waals surface area contributed by atoms with Crippen molar-refractivity contribution in [3.8, 4) is 0 Å². The standard InChI is InChI=1S/C16H32N2/c1-5-13(2)15-10-17-16(3,4)12-18(15)11-14-8-6-7-9-14/h13-15,17H,5-12H2,1-4H3. The van der Waals surface area contributed by atoms with E-state index in [1.807, 2.05) is 0 Å². The van der Waals surface area contributed by atoms with Crippen LogP contribution in [0.1, 0.15) is 59.8 Å². The average Bonchev–Trinajstić information content (AvgIpc) is 2.80. The molecule has 0 radical (unpaired) electrons. The monoisotopic (exact) mass is 252 g/mol. The van der Waals surface area contributed by atoms with E-state index in [-0.39, 0.29) is 0 Å². The molecule has 1 saturated heterocycles. The van der Waals surface area contributed by atoms with Crippen LogP contribution in [0.15, 0.2) is 0 Å². The highest BCUT2D eigenvalue weighted by Crippen LogP contribution is 2.29. The Morgan fingerprint density at radius 1 is 1.28 bits per heavy atom. The number of nitrogens with zero attached hydrogens (tertiary/aromatic N) is 1. The van der Waals surface area contributed by atoms with Gasteiger partial charge < -0.3 is 5.32 Å². The fraction of sp³-hybridized carbons (Fsp3) is 1.00. The molecule has 1 N–H and O–H groups in total. The van der Waals surface area contributed by atoms with Crippen LogP contribution in [0.4, 0.5) is 0 Å². The minimum atomic E-state index is 0.294. The van der Waals surface area contributed by atoms with Crippen molar-refractivity contribution in [2.75, 3.05) is 19.6 Å². The minimum absolute atomic E-state index is 0.294. The van der Waals surface area contributed by atoms with Gasteiger partial charge in [-0.15, -0.1) is 0 Å². The van der Waals surface area contributed by atoms with Crippen LogP contribution in [0, 0.1) is 11.8 Å². The van der Waals surface area contributed by atoms with Gasteiger partial charge in [0.2, 0.25) is 0 Å². The molecule has 2 aliphatic rings. The second kappa shape index (κ2) is 5.92. The van der Waals surface area contributed by atoms with Gasteiger partial charge in [-0.3, -0.25) is 4.90 Å². The maximum atomic E-state index is 3.74. The highest BCUT2D eigenvalue weighted by atomic mass is 15.3. The Labute approximate surface area is 114 Å². The summed E-state index contributed by atoms with van der Waals surface area (Å²) in [6.45, 7) is 13.2. The van der Waals surface area contributed by atoms with E-state index in [2.05, 4.69) is 37.9 Å². The van der Waals surface area contributed by atoms with Crippen LogP contribution < -0.4 is 5.32 Å². The fourth-order valence-corrected chi connectivity index (χ4v) is 3.75. The molecule has 1 heterocycles. The third-order valence-electron chi connectivity index (χ3n) is 5.13. The van der Waals surface area contributed by atoms with Gasteiger partial charge in [-0.05, 0) is 38.5 Å². The molecule has 0 aromatic heterocycles. The van der Waals surface area contributed by atoms with Crippen molar-refractivity contribution in [1.82, 2.24) is 10.2 Å². The Kier molecular flexibility index (Phi) is 4.71. The molecule has 2 rings (SSSR count).